The SMILES string of the molecule is O=c1nc(Nc2ccc(F)cc2)c2c([nH]1)CCNC2. The van der Waals surface area contributed by atoms with Crippen LogP contribution in [0.2, 0.25) is 0 Å². The molecule has 0 radical (unpaired) electrons. The summed E-state index contributed by atoms with van der Waals surface area (Å²) in [6.07, 6.45) is 0.769. The maximum atomic E-state index is 12.9. The van der Waals surface area contributed by atoms with Crippen molar-refractivity contribution in [1.29, 1.82) is 0 Å². The van der Waals surface area contributed by atoms with Crippen molar-refractivity contribution in [3.8, 4) is 0 Å². The van der Waals surface area contributed by atoms with Gasteiger partial charge in [-0.3, -0.25) is 0 Å². The first kappa shape index (κ1) is 11.9. The molecule has 98 valence electrons. The Morgan fingerprint density at radius 2 is 2.05 bits per heavy atom. The lowest BCUT2D eigenvalue weighted by Gasteiger charge is -2.19. The summed E-state index contributed by atoms with van der Waals surface area (Å²) in [6.45, 7) is 1.49. The standard InChI is InChI=1S/C13H13FN4O/c14-8-1-3-9(4-2-8)16-12-10-7-15-6-5-11(10)17-13(19)18-12/h1-4,15H,5-7H2,(H2,16,17,18,19). The Balaban J connectivity index is 1.98. The zero-order chi connectivity index (χ0) is 13.2. The van der Waals surface area contributed by atoms with E-state index in [1.165, 1.54) is 12.1 Å². The quantitative estimate of drug-likeness (QED) is 0.761. The van der Waals surface area contributed by atoms with Crippen LogP contribution >= 0.6 is 0 Å². The molecule has 0 spiro atoms. The number of aromatic amines is 1. The predicted molar refractivity (Wildman–Crippen MR) is 70.0 cm³/mol. The van der Waals surface area contributed by atoms with Crippen LogP contribution in [0.1, 0.15) is 11.3 Å². The topological polar surface area (TPSA) is 69.8 Å². The van der Waals surface area contributed by atoms with Crippen LogP contribution in [-0.4, -0.2) is 16.5 Å². The van der Waals surface area contributed by atoms with Crippen molar-refractivity contribution in [2.75, 3.05) is 11.9 Å². The van der Waals surface area contributed by atoms with Gasteiger partial charge in [-0.05, 0) is 24.3 Å². The normalized spacial score (nSPS) is 13.9. The molecule has 3 N–H and O–H groups in total. The fourth-order valence-corrected chi connectivity index (χ4v) is 2.15. The Labute approximate surface area is 108 Å². The molecule has 19 heavy (non-hydrogen) atoms. The van der Waals surface area contributed by atoms with E-state index in [2.05, 4.69) is 20.6 Å². The number of rotatable bonds is 2. The third kappa shape index (κ3) is 2.48. The maximum Gasteiger partial charge on any atom is 0.347 e. The minimum atomic E-state index is -0.370. The van der Waals surface area contributed by atoms with Crippen LogP contribution in [0.25, 0.3) is 0 Å². The number of nitrogens with zero attached hydrogens (tertiary/aromatic N) is 1. The number of benzene rings is 1. The van der Waals surface area contributed by atoms with Crippen molar-refractivity contribution >= 4 is 11.5 Å². The van der Waals surface area contributed by atoms with Gasteiger partial charge in [0.1, 0.15) is 11.6 Å². The van der Waals surface area contributed by atoms with Crippen molar-refractivity contribution in [1.82, 2.24) is 15.3 Å². The summed E-state index contributed by atoms with van der Waals surface area (Å²) in [7, 11) is 0. The Kier molecular flexibility index (Phi) is 3.00. The van der Waals surface area contributed by atoms with Crippen molar-refractivity contribution in [3.63, 3.8) is 0 Å². The lowest BCUT2D eigenvalue weighted by atomic mass is 10.1. The van der Waals surface area contributed by atoms with E-state index in [1.54, 1.807) is 12.1 Å². The largest absolute Gasteiger partial charge is 0.347 e. The van der Waals surface area contributed by atoms with E-state index in [9.17, 15) is 9.18 Å². The number of aromatic nitrogens is 2. The number of hydrogen-bond acceptors (Lipinski definition) is 4. The molecule has 0 aliphatic carbocycles. The highest BCUT2D eigenvalue weighted by Crippen LogP contribution is 2.21. The average Bonchev–Trinajstić information content (AvgIpc) is 2.41. The average molecular weight is 260 g/mol. The Bertz CT molecular complexity index is 651. The zero-order valence-corrected chi connectivity index (χ0v) is 10.2. The highest BCUT2D eigenvalue weighted by Gasteiger charge is 2.15. The minimum Gasteiger partial charge on any atom is -0.340 e. The van der Waals surface area contributed by atoms with Crippen LogP contribution in [0.15, 0.2) is 29.1 Å². The molecule has 0 saturated carbocycles. The predicted octanol–water partition coefficient (Wildman–Crippen LogP) is 1.30. The van der Waals surface area contributed by atoms with E-state index in [-0.39, 0.29) is 11.5 Å². The molecule has 0 saturated heterocycles. The highest BCUT2D eigenvalue weighted by atomic mass is 19.1. The van der Waals surface area contributed by atoms with Crippen molar-refractivity contribution in [3.05, 3.63) is 51.8 Å². The molecule has 1 aliphatic heterocycles. The Morgan fingerprint density at radius 1 is 1.26 bits per heavy atom. The molecule has 0 unspecified atom stereocenters. The number of nitrogens with one attached hydrogen (secondary N) is 3. The third-order valence-electron chi connectivity index (χ3n) is 3.08. The summed E-state index contributed by atoms with van der Waals surface area (Å²) >= 11 is 0. The van der Waals surface area contributed by atoms with E-state index >= 15 is 0 Å². The molecule has 6 heteroatoms. The lowest BCUT2D eigenvalue weighted by Crippen LogP contribution is -2.29. The molecule has 0 atom stereocenters. The summed E-state index contributed by atoms with van der Waals surface area (Å²) in [5.41, 5.74) is 2.19. The molecule has 3 rings (SSSR count). The van der Waals surface area contributed by atoms with Gasteiger partial charge in [-0.15, -0.1) is 0 Å². The molecule has 1 aromatic carbocycles. The first-order valence-corrected chi connectivity index (χ1v) is 6.08. The van der Waals surface area contributed by atoms with E-state index < -0.39 is 0 Å². The van der Waals surface area contributed by atoms with Gasteiger partial charge in [-0.2, -0.15) is 4.98 Å². The molecule has 2 aromatic rings. The van der Waals surface area contributed by atoms with Crippen LogP contribution < -0.4 is 16.3 Å². The maximum absolute atomic E-state index is 12.9. The molecular weight excluding hydrogens is 247 g/mol. The van der Waals surface area contributed by atoms with Gasteiger partial charge in [0.05, 0.1) is 0 Å². The van der Waals surface area contributed by atoms with Crippen molar-refractivity contribution in [2.24, 2.45) is 0 Å². The van der Waals surface area contributed by atoms with Gasteiger partial charge in [0.2, 0.25) is 0 Å². The smallest absolute Gasteiger partial charge is 0.340 e. The van der Waals surface area contributed by atoms with E-state index in [0.29, 0.717) is 18.1 Å². The Hall–Kier alpha value is -2.21. The number of fused-ring (bicyclic) bond motifs is 1. The Morgan fingerprint density at radius 3 is 2.84 bits per heavy atom. The first-order valence-electron chi connectivity index (χ1n) is 6.08. The van der Waals surface area contributed by atoms with Gasteiger partial charge in [-0.1, -0.05) is 0 Å². The summed E-state index contributed by atoms with van der Waals surface area (Å²) < 4.78 is 12.9. The monoisotopic (exact) mass is 260 g/mol. The first-order chi connectivity index (χ1) is 9.22. The number of hydrogen-bond donors (Lipinski definition) is 3. The summed E-state index contributed by atoms with van der Waals surface area (Å²) in [4.78, 5) is 18.2. The summed E-state index contributed by atoms with van der Waals surface area (Å²) in [5.74, 6) is 0.227. The number of anilines is 2. The lowest BCUT2D eigenvalue weighted by molar-refractivity contribution is 0.624. The van der Waals surface area contributed by atoms with Gasteiger partial charge >= 0.3 is 5.69 Å². The van der Waals surface area contributed by atoms with Gasteiger partial charge < -0.3 is 15.6 Å². The van der Waals surface area contributed by atoms with E-state index in [1.807, 2.05) is 0 Å². The minimum absolute atomic E-state index is 0.298. The van der Waals surface area contributed by atoms with E-state index in [4.69, 9.17) is 0 Å². The summed E-state index contributed by atoms with van der Waals surface area (Å²) in [5, 5.41) is 6.30. The van der Waals surface area contributed by atoms with Crippen LogP contribution in [-0.2, 0) is 13.0 Å². The van der Waals surface area contributed by atoms with Crippen molar-refractivity contribution in [2.45, 2.75) is 13.0 Å². The van der Waals surface area contributed by atoms with Gasteiger partial charge in [0, 0.05) is 36.5 Å². The molecule has 5 nitrogen and oxygen atoms in total. The number of halogens is 1. The second kappa shape index (κ2) is 4.81. The van der Waals surface area contributed by atoms with Crippen LogP contribution in [0, 0.1) is 5.82 Å². The molecule has 0 bridgehead atoms. The second-order valence-electron chi connectivity index (χ2n) is 4.41. The van der Waals surface area contributed by atoms with Crippen LogP contribution in [0.5, 0.6) is 0 Å². The van der Waals surface area contributed by atoms with Gasteiger partial charge in [0.25, 0.3) is 0 Å². The molecule has 1 aliphatic rings. The second-order valence-corrected chi connectivity index (χ2v) is 4.41. The molecule has 2 heterocycles. The fourth-order valence-electron chi connectivity index (χ4n) is 2.15. The van der Waals surface area contributed by atoms with Crippen LogP contribution in [0.4, 0.5) is 15.9 Å². The number of H-pyrrole nitrogens is 1. The van der Waals surface area contributed by atoms with Gasteiger partial charge in [-0.25, -0.2) is 9.18 Å². The van der Waals surface area contributed by atoms with Crippen molar-refractivity contribution < 1.29 is 4.39 Å². The molecular formula is C13H13FN4O. The zero-order valence-electron chi connectivity index (χ0n) is 10.2. The third-order valence-corrected chi connectivity index (χ3v) is 3.08. The molecule has 0 fully saturated rings. The van der Waals surface area contributed by atoms with Crippen LogP contribution in [0.3, 0.4) is 0 Å². The highest BCUT2D eigenvalue weighted by molar-refractivity contribution is 5.60. The molecule has 1 aromatic heterocycles. The van der Waals surface area contributed by atoms with Gasteiger partial charge in [0.15, 0.2) is 0 Å². The van der Waals surface area contributed by atoms with E-state index in [0.717, 1.165) is 24.2 Å². The summed E-state index contributed by atoms with van der Waals surface area (Å²) in [6, 6.07) is 5.95. The fraction of sp³-hybridized carbons (Fsp3) is 0.231. The molecule has 0 amide bonds.